The van der Waals surface area contributed by atoms with Gasteiger partial charge in [0.1, 0.15) is 23.3 Å². The molecular formula is C20H24N4O4. The minimum absolute atomic E-state index is 0.257. The van der Waals surface area contributed by atoms with Crippen LogP contribution >= 0.6 is 0 Å². The van der Waals surface area contributed by atoms with Crippen LogP contribution in [0.2, 0.25) is 0 Å². The summed E-state index contributed by atoms with van der Waals surface area (Å²) < 4.78 is 17.9. The maximum atomic E-state index is 12.5. The highest BCUT2D eigenvalue weighted by atomic mass is 16.5. The average molecular weight is 384 g/mol. The Labute approximate surface area is 163 Å². The minimum atomic E-state index is -0.360. The molecule has 1 aromatic carbocycles. The van der Waals surface area contributed by atoms with Gasteiger partial charge >= 0.3 is 6.03 Å². The number of aromatic nitrogens is 2. The Hall–Kier alpha value is -3.42. The monoisotopic (exact) mass is 384 g/mol. The molecule has 0 saturated carbocycles. The van der Waals surface area contributed by atoms with Gasteiger partial charge in [0.25, 0.3) is 0 Å². The van der Waals surface area contributed by atoms with Crippen LogP contribution < -0.4 is 20.1 Å². The maximum Gasteiger partial charge on any atom is 0.319 e. The third kappa shape index (κ3) is 4.28. The van der Waals surface area contributed by atoms with E-state index in [9.17, 15) is 4.79 Å². The van der Waals surface area contributed by atoms with Gasteiger partial charge in [-0.3, -0.25) is 4.68 Å². The molecule has 148 valence electrons. The predicted octanol–water partition coefficient (Wildman–Crippen LogP) is 3.52. The third-order valence-corrected chi connectivity index (χ3v) is 4.32. The number of amides is 2. The summed E-state index contributed by atoms with van der Waals surface area (Å²) in [4.78, 5) is 12.5. The van der Waals surface area contributed by atoms with E-state index < -0.39 is 0 Å². The lowest BCUT2D eigenvalue weighted by molar-refractivity contribution is 0.249. The number of carbonyl (C=O) groups excluding carboxylic acids is 1. The lowest BCUT2D eigenvalue weighted by Gasteiger charge is -2.18. The van der Waals surface area contributed by atoms with E-state index in [0.29, 0.717) is 29.5 Å². The zero-order chi connectivity index (χ0) is 20.1. The highest BCUT2D eigenvalue weighted by molar-refractivity contribution is 5.91. The largest absolute Gasteiger partial charge is 0.497 e. The van der Waals surface area contributed by atoms with Crippen LogP contribution in [0, 0.1) is 13.8 Å². The molecule has 0 aliphatic rings. The average Bonchev–Trinajstić information content (AvgIpc) is 3.32. The lowest BCUT2D eigenvalue weighted by atomic mass is 10.2. The molecule has 1 unspecified atom stereocenters. The van der Waals surface area contributed by atoms with Gasteiger partial charge in [-0.2, -0.15) is 5.10 Å². The van der Waals surface area contributed by atoms with Crippen molar-refractivity contribution in [2.75, 3.05) is 26.1 Å². The van der Waals surface area contributed by atoms with Crippen LogP contribution in [-0.2, 0) is 0 Å². The van der Waals surface area contributed by atoms with Crippen LogP contribution in [0.25, 0.3) is 0 Å². The Kier molecular flexibility index (Phi) is 5.88. The maximum absolute atomic E-state index is 12.5. The second-order valence-corrected chi connectivity index (χ2v) is 6.30. The second-order valence-electron chi connectivity index (χ2n) is 6.30. The van der Waals surface area contributed by atoms with E-state index in [-0.39, 0.29) is 12.1 Å². The van der Waals surface area contributed by atoms with Gasteiger partial charge in [0.15, 0.2) is 0 Å². The van der Waals surface area contributed by atoms with Gasteiger partial charge in [-0.15, -0.1) is 0 Å². The van der Waals surface area contributed by atoms with Crippen LogP contribution in [0.15, 0.2) is 47.1 Å². The quantitative estimate of drug-likeness (QED) is 0.650. The van der Waals surface area contributed by atoms with Crippen LogP contribution in [0.5, 0.6) is 11.5 Å². The second kappa shape index (κ2) is 8.51. The molecule has 2 heterocycles. The van der Waals surface area contributed by atoms with Crippen LogP contribution in [0.3, 0.4) is 0 Å². The molecule has 0 saturated heterocycles. The summed E-state index contributed by atoms with van der Waals surface area (Å²) in [5.74, 6) is 1.87. The minimum Gasteiger partial charge on any atom is -0.497 e. The third-order valence-electron chi connectivity index (χ3n) is 4.32. The molecule has 28 heavy (non-hydrogen) atoms. The standard InChI is InChI=1S/C20H24N4O4/c1-13-10-14(2)24(23-13)17(18-6-5-9-28-18)12-21-20(25)22-16-8-7-15(26-3)11-19(16)27-4/h5-11,17H,12H2,1-4H3,(H2,21,22,25). The number of benzene rings is 1. The number of furan rings is 1. The van der Waals surface area contributed by atoms with Gasteiger partial charge in [0, 0.05) is 18.3 Å². The molecule has 3 rings (SSSR count). The Morgan fingerprint density at radius 3 is 2.64 bits per heavy atom. The first kappa shape index (κ1) is 19.3. The van der Waals surface area contributed by atoms with Crippen molar-refractivity contribution in [2.24, 2.45) is 0 Å². The normalized spacial score (nSPS) is 11.7. The van der Waals surface area contributed by atoms with Gasteiger partial charge in [-0.1, -0.05) is 0 Å². The number of rotatable bonds is 7. The molecule has 2 amide bonds. The summed E-state index contributed by atoms with van der Waals surface area (Å²) in [7, 11) is 3.11. The molecular weight excluding hydrogens is 360 g/mol. The number of aryl methyl sites for hydroxylation is 2. The van der Waals surface area contributed by atoms with Crippen molar-refractivity contribution in [3.05, 3.63) is 59.8 Å². The number of nitrogens with one attached hydrogen (secondary N) is 2. The fourth-order valence-electron chi connectivity index (χ4n) is 3.01. The van der Waals surface area contributed by atoms with Crippen molar-refractivity contribution in [1.82, 2.24) is 15.1 Å². The van der Waals surface area contributed by atoms with Gasteiger partial charge in [-0.05, 0) is 44.2 Å². The summed E-state index contributed by atoms with van der Waals surface area (Å²) in [6.45, 7) is 4.21. The first-order valence-corrected chi connectivity index (χ1v) is 8.85. The fraction of sp³-hybridized carbons (Fsp3) is 0.300. The zero-order valence-corrected chi connectivity index (χ0v) is 16.4. The predicted molar refractivity (Wildman–Crippen MR) is 105 cm³/mol. The van der Waals surface area contributed by atoms with Gasteiger partial charge in [-0.25, -0.2) is 4.79 Å². The first-order chi connectivity index (χ1) is 13.5. The first-order valence-electron chi connectivity index (χ1n) is 8.85. The summed E-state index contributed by atoms with van der Waals surface area (Å²) >= 11 is 0. The van der Waals surface area contributed by atoms with Crippen molar-refractivity contribution in [3.8, 4) is 11.5 Å². The van der Waals surface area contributed by atoms with Crippen LogP contribution in [0.1, 0.15) is 23.2 Å². The molecule has 0 radical (unpaired) electrons. The number of carbonyl (C=O) groups is 1. The van der Waals surface area contributed by atoms with Crippen molar-refractivity contribution < 1.29 is 18.7 Å². The number of hydrogen-bond acceptors (Lipinski definition) is 5. The summed E-state index contributed by atoms with van der Waals surface area (Å²) in [6, 6.07) is 10.2. The summed E-state index contributed by atoms with van der Waals surface area (Å²) in [5, 5.41) is 10.2. The van der Waals surface area contributed by atoms with Gasteiger partial charge in [0.05, 0.1) is 31.9 Å². The Balaban J connectivity index is 1.72. The SMILES string of the molecule is COc1ccc(NC(=O)NCC(c2ccco2)n2nc(C)cc2C)c(OC)c1. The van der Waals surface area contributed by atoms with Gasteiger partial charge in [0.2, 0.25) is 0 Å². The summed E-state index contributed by atoms with van der Waals surface area (Å²) in [5.41, 5.74) is 2.43. The fourth-order valence-corrected chi connectivity index (χ4v) is 3.01. The van der Waals surface area contributed by atoms with Crippen molar-refractivity contribution in [3.63, 3.8) is 0 Å². The molecule has 8 heteroatoms. The zero-order valence-electron chi connectivity index (χ0n) is 16.4. The molecule has 8 nitrogen and oxygen atoms in total. The van der Waals surface area contributed by atoms with E-state index in [4.69, 9.17) is 13.9 Å². The molecule has 1 atom stereocenters. The van der Waals surface area contributed by atoms with E-state index in [0.717, 1.165) is 11.4 Å². The number of hydrogen-bond donors (Lipinski definition) is 2. The number of anilines is 1. The summed E-state index contributed by atoms with van der Waals surface area (Å²) in [6.07, 6.45) is 1.61. The highest BCUT2D eigenvalue weighted by Gasteiger charge is 2.21. The van der Waals surface area contributed by atoms with E-state index in [1.165, 1.54) is 7.11 Å². The van der Waals surface area contributed by atoms with Crippen molar-refractivity contribution in [2.45, 2.75) is 19.9 Å². The van der Waals surface area contributed by atoms with Crippen LogP contribution in [0.4, 0.5) is 10.5 Å². The smallest absolute Gasteiger partial charge is 0.319 e. The van der Waals surface area contributed by atoms with Crippen molar-refractivity contribution >= 4 is 11.7 Å². The van der Waals surface area contributed by atoms with E-state index in [1.807, 2.05) is 36.7 Å². The molecule has 0 spiro atoms. The molecule has 3 aromatic rings. The molecule has 2 aromatic heterocycles. The Morgan fingerprint density at radius 1 is 1.21 bits per heavy atom. The molecule has 0 aliphatic carbocycles. The molecule has 0 fully saturated rings. The molecule has 2 N–H and O–H groups in total. The van der Waals surface area contributed by atoms with E-state index in [2.05, 4.69) is 15.7 Å². The molecule has 0 bridgehead atoms. The topological polar surface area (TPSA) is 90.6 Å². The van der Waals surface area contributed by atoms with Gasteiger partial charge < -0.3 is 24.5 Å². The van der Waals surface area contributed by atoms with Crippen molar-refractivity contribution in [1.29, 1.82) is 0 Å². The lowest BCUT2D eigenvalue weighted by Crippen LogP contribution is -2.35. The number of nitrogens with zero attached hydrogens (tertiary/aromatic N) is 2. The highest BCUT2D eigenvalue weighted by Crippen LogP contribution is 2.29. The van der Waals surface area contributed by atoms with E-state index >= 15 is 0 Å². The molecule has 0 aliphatic heterocycles. The number of methoxy groups -OCH3 is 2. The Morgan fingerprint density at radius 2 is 2.04 bits per heavy atom. The van der Waals surface area contributed by atoms with Crippen LogP contribution in [-0.4, -0.2) is 36.6 Å². The Bertz CT molecular complexity index is 934. The van der Waals surface area contributed by atoms with E-state index in [1.54, 1.807) is 31.6 Å². The number of urea groups is 1. The number of ether oxygens (including phenoxy) is 2.